The highest BCUT2D eigenvalue weighted by atomic mass is 79.9. The Morgan fingerprint density at radius 2 is 1.92 bits per heavy atom. The number of hydrogen-bond acceptors (Lipinski definition) is 5. The van der Waals surface area contributed by atoms with Crippen molar-refractivity contribution in [3.8, 4) is 17.6 Å². The Hall–Kier alpha value is -2.85. The SMILES string of the molecule is COc1cc(/C(C#N)=C/c2cccc(Br)c2)c([N+](=O)[O-])cc1OC. The van der Waals surface area contributed by atoms with Gasteiger partial charge in [0.05, 0.1) is 36.3 Å². The van der Waals surface area contributed by atoms with Gasteiger partial charge in [-0.1, -0.05) is 28.1 Å². The van der Waals surface area contributed by atoms with Crippen molar-refractivity contribution >= 4 is 33.3 Å². The van der Waals surface area contributed by atoms with Crippen molar-refractivity contribution in [2.75, 3.05) is 14.2 Å². The van der Waals surface area contributed by atoms with Gasteiger partial charge in [0.15, 0.2) is 11.5 Å². The molecule has 2 aromatic carbocycles. The van der Waals surface area contributed by atoms with Crippen LogP contribution in [0.4, 0.5) is 5.69 Å². The highest BCUT2D eigenvalue weighted by Gasteiger charge is 2.22. The number of allylic oxidation sites excluding steroid dienone is 1. The molecule has 0 atom stereocenters. The lowest BCUT2D eigenvalue weighted by atomic mass is 10.0. The Kier molecular flexibility index (Phi) is 5.55. The second-order valence-electron chi connectivity index (χ2n) is 4.71. The summed E-state index contributed by atoms with van der Waals surface area (Å²) < 4.78 is 11.1. The van der Waals surface area contributed by atoms with E-state index in [1.54, 1.807) is 12.1 Å². The number of benzene rings is 2. The molecule has 0 saturated heterocycles. The third kappa shape index (κ3) is 3.73. The molecule has 0 saturated carbocycles. The lowest BCUT2D eigenvalue weighted by Gasteiger charge is -2.10. The largest absolute Gasteiger partial charge is 0.493 e. The predicted molar refractivity (Wildman–Crippen MR) is 93.8 cm³/mol. The zero-order valence-electron chi connectivity index (χ0n) is 12.9. The van der Waals surface area contributed by atoms with E-state index in [0.717, 1.165) is 10.0 Å². The summed E-state index contributed by atoms with van der Waals surface area (Å²) in [7, 11) is 2.82. The van der Waals surface area contributed by atoms with Crippen molar-refractivity contribution in [1.29, 1.82) is 5.26 Å². The summed E-state index contributed by atoms with van der Waals surface area (Å²) in [6.45, 7) is 0. The number of nitrogens with zero attached hydrogens (tertiary/aromatic N) is 2. The van der Waals surface area contributed by atoms with E-state index in [9.17, 15) is 15.4 Å². The molecule has 0 fully saturated rings. The number of nitro groups is 1. The smallest absolute Gasteiger partial charge is 0.281 e. The third-order valence-corrected chi connectivity index (χ3v) is 3.76. The molecule has 0 N–H and O–H groups in total. The first-order valence-electron chi connectivity index (χ1n) is 6.78. The fraction of sp³-hybridized carbons (Fsp3) is 0.118. The Bertz CT molecular complexity index is 856. The second kappa shape index (κ2) is 7.62. The van der Waals surface area contributed by atoms with E-state index in [1.807, 2.05) is 24.3 Å². The van der Waals surface area contributed by atoms with Crippen molar-refractivity contribution in [3.05, 3.63) is 62.1 Å². The molecule has 7 heteroatoms. The van der Waals surface area contributed by atoms with E-state index in [2.05, 4.69) is 15.9 Å². The lowest BCUT2D eigenvalue weighted by molar-refractivity contribution is -0.385. The molecule has 0 amide bonds. The second-order valence-corrected chi connectivity index (χ2v) is 5.62. The summed E-state index contributed by atoms with van der Waals surface area (Å²) in [6.07, 6.45) is 1.58. The highest BCUT2D eigenvalue weighted by molar-refractivity contribution is 9.10. The standard InChI is InChI=1S/C17H13BrN2O4/c1-23-16-8-14(15(20(21)22)9-17(16)24-2)12(10-19)6-11-4-3-5-13(18)7-11/h3-9H,1-2H3/b12-6+. The third-order valence-electron chi connectivity index (χ3n) is 3.27. The van der Waals surface area contributed by atoms with Crippen molar-refractivity contribution in [3.63, 3.8) is 0 Å². The number of nitro benzene ring substituents is 1. The predicted octanol–water partition coefficient (Wildman–Crippen LogP) is 4.44. The number of rotatable bonds is 5. The molecule has 0 aliphatic rings. The summed E-state index contributed by atoms with van der Waals surface area (Å²) in [4.78, 5) is 10.8. The van der Waals surface area contributed by atoms with E-state index in [1.165, 1.54) is 26.4 Å². The number of nitriles is 1. The minimum absolute atomic E-state index is 0.153. The van der Waals surface area contributed by atoms with Crippen LogP contribution in [0.25, 0.3) is 11.6 Å². The number of halogens is 1. The molecular weight excluding hydrogens is 376 g/mol. The van der Waals surface area contributed by atoms with Crippen molar-refractivity contribution < 1.29 is 14.4 Å². The van der Waals surface area contributed by atoms with Gasteiger partial charge in [0.25, 0.3) is 5.69 Å². The van der Waals surface area contributed by atoms with Crippen LogP contribution in [0.2, 0.25) is 0 Å². The maximum atomic E-state index is 11.4. The van der Waals surface area contributed by atoms with Crippen molar-refractivity contribution in [2.24, 2.45) is 0 Å². The molecule has 0 bridgehead atoms. The Morgan fingerprint density at radius 1 is 1.25 bits per heavy atom. The maximum absolute atomic E-state index is 11.4. The van der Waals surface area contributed by atoms with Gasteiger partial charge in [-0.3, -0.25) is 10.1 Å². The summed E-state index contributed by atoms with van der Waals surface area (Å²) >= 11 is 3.35. The van der Waals surface area contributed by atoms with Gasteiger partial charge in [0.1, 0.15) is 6.07 Å². The zero-order chi connectivity index (χ0) is 17.7. The molecule has 0 aromatic heterocycles. The molecule has 0 radical (unpaired) electrons. The van der Waals surface area contributed by atoms with Crippen molar-refractivity contribution in [1.82, 2.24) is 0 Å². The normalized spacial score (nSPS) is 10.8. The maximum Gasteiger partial charge on any atom is 0.281 e. The first-order valence-corrected chi connectivity index (χ1v) is 7.57. The first kappa shape index (κ1) is 17.5. The molecule has 2 rings (SSSR count). The molecular formula is C17H13BrN2O4. The molecule has 24 heavy (non-hydrogen) atoms. The van der Waals surface area contributed by atoms with Crippen LogP contribution in [0, 0.1) is 21.4 Å². The van der Waals surface area contributed by atoms with Gasteiger partial charge in [-0.2, -0.15) is 5.26 Å². The van der Waals surface area contributed by atoms with Crippen LogP contribution in [0.15, 0.2) is 40.9 Å². The quantitative estimate of drug-likeness (QED) is 0.327. The van der Waals surface area contributed by atoms with Crippen LogP contribution in [0.5, 0.6) is 11.5 Å². The molecule has 0 unspecified atom stereocenters. The van der Waals surface area contributed by atoms with Crippen LogP contribution in [-0.2, 0) is 0 Å². The van der Waals surface area contributed by atoms with Gasteiger partial charge in [0.2, 0.25) is 0 Å². The molecule has 6 nitrogen and oxygen atoms in total. The van der Waals surface area contributed by atoms with Crippen LogP contribution < -0.4 is 9.47 Å². The lowest BCUT2D eigenvalue weighted by Crippen LogP contribution is -1.98. The Labute approximate surface area is 147 Å². The van der Waals surface area contributed by atoms with E-state index >= 15 is 0 Å². The minimum atomic E-state index is -0.552. The average molecular weight is 389 g/mol. The summed E-state index contributed by atoms with van der Waals surface area (Å²) in [6, 6.07) is 12.0. The van der Waals surface area contributed by atoms with Gasteiger partial charge in [-0.05, 0) is 29.8 Å². The fourth-order valence-corrected chi connectivity index (χ4v) is 2.59. The van der Waals surface area contributed by atoms with Gasteiger partial charge in [-0.25, -0.2) is 0 Å². The molecule has 0 aliphatic heterocycles. The van der Waals surface area contributed by atoms with E-state index < -0.39 is 4.92 Å². The number of hydrogen-bond donors (Lipinski definition) is 0. The van der Waals surface area contributed by atoms with Crippen LogP contribution >= 0.6 is 15.9 Å². The summed E-state index contributed by atoms with van der Waals surface area (Å²) in [5.74, 6) is 0.543. The number of methoxy groups -OCH3 is 2. The summed E-state index contributed by atoms with van der Waals surface area (Å²) in [5.41, 5.74) is 0.835. The molecule has 2 aromatic rings. The van der Waals surface area contributed by atoms with Gasteiger partial charge in [0, 0.05) is 4.47 Å². The monoisotopic (exact) mass is 388 g/mol. The van der Waals surface area contributed by atoms with Gasteiger partial charge >= 0.3 is 0 Å². The molecule has 122 valence electrons. The van der Waals surface area contributed by atoms with Gasteiger partial charge < -0.3 is 9.47 Å². The first-order chi connectivity index (χ1) is 11.5. The highest BCUT2D eigenvalue weighted by Crippen LogP contribution is 2.38. The zero-order valence-corrected chi connectivity index (χ0v) is 14.5. The summed E-state index contributed by atoms with van der Waals surface area (Å²) in [5, 5.41) is 20.9. The van der Waals surface area contributed by atoms with E-state index in [4.69, 9.17) is 9.47 Å². The van der Waals surface area contributed by atoms with Gasteiger partial charge in [-0.15, -0.1) is 0 Å². The van der Waals surface area contributed by atoms with Crippen LogP contribution in [0.3, 0.4) is 0 Å². The van der Waals surface area contributed by atoms with Crippen LogP contribution in [-0.4, -0.2) is 19.1 Å². The Morgan fingerprint density at radius 3 is 2.46 bits per heavy atom. The molecule has 0 spiro atoms. The minimum Gasteiger partial charge on any atom is -0.493 e. The topological polar surface area (TPSA) is 85.4 Å². The van der Waals surface area contributed by atoms with E-state index in [0.29, 0.717) is 5.75 Å². The van der Waals surface area contributed by atoms with Crippen LogP contribution in [0.1, 0.15) is 11.1 Å². The molecule has 0 aliphatic carbocycles. The Balaban J connectivity index is 2.67. The number of ether oxygens (including phenoxy) is 2. The molecule has 0 heterocycles. The van der Waals surface area contributed by atoms with E-state index in [-0.39, 0.29) is 22.6 Å². The van der Waals surface area contributed by atoms with Crippen molar-refractivity contribution in [2.45, 2.75) is 0 Å². The average Bonchev–Trinajstić information content (AvgIpc) is 2.58. The fourth-order valence-electron chi connectivity index (χ4n) is 2.17.